The first-order valence-electron chi connectivity index (χ1n) is 16.0. The van der Waals surface area contributed by atoms with E-state index in [1.165, 1.54) is 0 Å². The van der Waals surface area contributed by atoms with Crippen molar-refractivity contribution in [3.8, 4) is 6.07 Å². The third-order valence-electron chi connectivity index (χ3n) is 8.65. The van der Waals surface area contributed by atoms with Gasteiger partial charge in [0, 0.05) is 29.3 Å². The summed E-state index contributed by atoms with van der Waals surface area (Å²) in [4.78, 5) is 40.9. The minimum atomic E-state index is -0.879. The van der Waals surface area contributed by atoms with Crippen molar-refractivity contribution in [2.75, 3.05) is 19.6 Å². The van der Waals surface area contributed by atoms with Gasteiger partial charge in [-0.1, -0.05) is 12.1 Å². The lowest BCUT2D eigenvalue weighted by atomic mass is 9.69. The molecule has 0 radical (unpaired) electrons. The first-order valence-corrected chi connectivity index (χ1v) is 16.0. The molecular weight excluding hydrogens is 582 g/mol. The van der Waals surface area contributed by atoms with Crippen molar-refractivity contribution in [1.29, 1.82) is 5.26 Å². The molecule has 0 spiro atoms. The van der Waals surface area contributed by atoms with Gasteiger partial charge in [0.15, 0.2) is 5.82 Å². The molecule has 2 heterocycles. The number of aromatic nitrogens is 4. The van der Waals surface area contributed by atoms with E-state index < -0.39 is 11.0 Å². The molecule has 0 bridgehead atoms. The molecule has 12 nitrogen and oxygen atoms in total. The molecule has 1 aliphatic carbocycles. The zero-order valence-corrected chi connectivity index (χ0v) is 27.2. The van der Waals surface area contributed by atoms with Crippen LogP contribution < -0.4 is 16.0 Å². The monoisotopic (exact) mass is 625 g/mol. The summed E-state index contributed by atoms with van der Waals surface area (Å²) in [5.41, 5.74) is 3.71. The van der Waals surface area contributed by atoms with E-state index in [9.17, 15) is 19.6 Å². The quantitative estimate of drug-likeness (QED) is 0.263. The number of aromatic amines is 1. The Morgan fingerprint density at radius 1 is 1.07 bits per heavy atom. The summed E-state index contributed by atoms with van der Waals surface area (Å²) in [5, 5.41) is 34.2. The van der Waals surface area contributed by atoms with Crippen LogP contribution in [-0.2, 0) is 23.1 Å². The fourth-order valence-corrected chi connectivity index (χ4v) is 6.64. The summed E-state index contributed by atoms with van der Waals surface area (Å²) in [7, 11) is 0. The van der Waals surface area contributed by atoms with Crippen molar-refractivity contribution in [3.05, 3.63) is 75.6 Å². The van der Waals surface area contributed by atoms with Gasteiger partial charge in [-0.3, -0.25) is 14.4 Å². The summed E-state index contributed by atoms with van der Waals surface area (Å²) in [6.07, 6.45) is 3.27. The number of fused-ring (bicyclic) bond motifs is 2. The predicted molar refractivity (Wildman–Crippen MR) is 172 cm³/mol. The van der Waals surface area contributed by atoms with Gasteiger partial charge >= 0.3 is 0 Å². The van der Waals surface area contributed by atoms with Gasteiger partial charge in [-0.05, 0) is 130 Å². The summed E-state index contributed by atoms with van der Waals surface area (Å²) in [5.74, 6) is 0.122. The van der Waals surface area contributed by atoms with Crippen LogP contribution >= 0.6 is 0 Å². The fraction of sp³-hybridized carbons (Fsp3) is 0.500. The highest BCUT2D eigenvalue weighted by molar-refractivity contribution is 5.95. The molecule has 3 aromatic rings. The van der Waals surface area contributed by atoms with Gasteiger partial charge in [0.25, 0.3) is 11.8 Å². The van der Waals surface area contributed by atoms with Crippen molar-refractivity contribution in [2.24, 2.45) is 0 Å². The Bertz CT molecular complexity index is 1640. The SMILES string of the molecule is CC(C)NC(=O)c1ccc2c(c1)CCc1cc(C(=O)NC(C)(C)C)ccc1C2(CCNCC(=O)N1CCCC1C#N)c1nnn[nH]1. The third-order valence-corrected chi connectivity index (χ3v) is 8.65. The lowest BCUT2D eigenvalue weighted by Crippen LogP contribution is -2.42. The van der Waals surface area contributed by atoms with Gasteiger partial charge < -0.3 is 20.9 Å². The highest BCUT2D eigenvalue weighted by Gasteiger charge is 2.44. The molecule has 5 rings (SSSR count). The number of nitrogens with zero attached hydrogens (tertiary/aromatic N) is 5. The van der Waals surface area contributed by atoms with Gasteiger partial charge in [-0.2, -0.15) is 5.26 Å². The molecule has 2 aliphatic rings. The standard InChI is InChI=1S/C34H43N9O3/c1-21(2)37-30(45)24-10-12-27-22(17-24)8-9-23-18-25(31(46)38-33(3,4)5)11-13-28(23)34(27,32-39-41-42-40-32)14-15-36-20-29(44)43-16-6-7-26(43)19-35/h10-13,17-18,21,26,36H,6-9,14-16,20H2,1-5H3,(H,37,45)(H,38,46)(H,39,40,41,42). The Kier molecular flexibility index (Phi) is 9.53. The van der Waals surface area contributed by atoms with Crippen molar-refractivity contribution in [3.63, 3.8) is 0 Å². The van der Waals surface area contributed by atoms with Crippen LogP contribution in [0.1, 0.15) is 103 Å². The molecule has 4 N–H and O–H groups in total. The first-order chi connectivity index (χ1) is 21.9. The van der Waals surface area contributed by atoms with Crippen molar-refractivity contribution >= 4 is 17.7 Å². The van der Waals surface area contributed by atoms with E-state index in [1.54, 1.807) is 4.90 Å². The molecule has 1 aliphatic heterocycles. The lowest BCUT2D eigenvalue weighted by Gasteiger charge is -2.35. The van der Waals surface area contributed by atoms with Crippen LogP contribution in [0.2, 0.25) is 0 Å². The number of H-pyrrole nitrogens is 1. The number of nitrogens with one attached hydrogen (secondary N) is 4. The van der Waals surface area contributed by atoms with Crippen molar-refractivity contribution in [2.45, 2.75) is 89.8 Å². The molecule has 1 saturated heterocycles. The highest BCUT2D eigenvalue weighted by atomic mass is 16.2. The largest absolute Gasteiger partial charge is 0.350 e. The van der Waals surface area contributed by atoms with Crippen LogP contribution in [0.15, 0.2) is 36.4 Å². The Morgan fingerprint density at radius 2 is 1.72 bits per heavy atom. The van der Waals surface area contributed by atoms with Gasteiger partial charge in [0.05, 0.1) is 18.0 Å². The zero-order chi connectivity index (χ0) is 33.1. The van der Waals surface area contributed by atoms with Gasteiger partial charge in [-0.15, -0.1) is 5.10 Å². The predicted octanol–water partition coefficient (Wildman–Crippen LogP) is 2.79. The van der Waals surface area contributed by atoms with Gasteiger partial charge in [-0.25, -0.2) is 5.10 Å². The zero-order valence-electron chi connectivity index (χ0n) is 27.2. The number of benzene rings is 2. The summed E-state index contributed by atoms with van der Waals surface area (Å²) >= 11 is 0. The number of likely N-dealkylation sites (tertiary alicyclic amines) is 1. The molecule has 1 aromatic heterocycles. The topological polar surface area (TPSA) is 169 Å². The minimum absolute atomic E-state index is 0.00892. The molecular formula is C34H43N9O3. The summed E-state index contributed by atoms with van der Waals surface area (Å²) in [6.45, 7) is 10.8. The number of carbonyl (C=O) groups excluding carboxylic acids is 3. The second kappa shape index (κ2) is 13.4. The first kappa shape index (κ1) is 32.8. The molecule has 242 valence electrons. The smallest absolute Gasteiger partial charge is 0.251 e. The van der Waals surface area contributed by atoms with E-state index in [-0.39, 0.29) is 36.3 Å². The minimum Gasteiger partial charge on any atom is -0.350 e. The average molecular weight is 626 g/mol. The Balaban J connectivity index is 1.55. The second-order valence-corrected chi connectivity index (χ2v) is 13.5. The number of carbonyl (C=O) groups is 3. The number of rotatable bonds is 9. The van der Waals surface area contributed by atoms with Crippen LogP contribution in [0, 0.1) is 11.3 Å². The molecule has 2 unspecified atom stereocenters. The van der Waals surface area contributed by atoms with Crippen LogP contribution in [0.5, 0.6) is 0 Å². The molecule has 3 amide bonds. The number of amides is 3. The molecule has 12 heteroatoms. The van der Waals surface area contributed by atoms with Crippen LogP contribution in [0.3, 0.4) is 0 Å². The molecule has 2 aromatic carbocycles. The molecule has 1 fully saturated rings. The van der Waals surface area contributed by atoms with E-state index >= 15 is 0 Å². The van der Waals surface area contributed by atoms with Crippen LogP contribution in [0.4, 0.5) is 0 Å². The number of nitriles is 1. The summed E-state index contributed by atoms with van der Waals surface area (Å²) < 4.78 is 0. The van der Waals surface area contributed by atoms with Crippen LogP contribution in [0.25, 0.3) is 0 Å². The molecule has 46 heavy (non-hydrogen) atoms. The van der Waals surface area contributed by atoms with Gasteiger partial charge in [0.2, 0.25) is 5.91 Å². The highest BCUT2D eigenvalue weighted by Crippen LogP contribution is 2.46. The Labute approximate surface area is 269 Å². The maximum absolute atomic E-state index is 13.2. The Morgan fingerprint density at radius 3 is 2.28 bits per heavy atom. The second-order valence-electron chi connectivity index (χ2n) is 13.5. The van der Waals surface area contributed by atoms with E-state index in [4.69, 9.17) is 0 Å². The van der Waals surface area contributed by atoms with Crippen molar-refractivity contribution in [1.82, 2.24) is 41.5 Å². The Hall–Kier alpha value is -4.63. The molecule has 2 atom stereocenters. The third kappa shape index (κ3) is 6.79. The van der Waals surface area contributed by atoms with Crippen molar-refractivity contribution < 1.29 is 14.4 Å². The number of hydrogen-bond acceptors (Lipinski definition) is 8. The normalized spacial score (nSPS) is 19.2. The van der Waals surface area contributed by atoms with Gasteiger partial charge in [0.1, 0.15) is 6.04 Å². The van der Waals surface area contributed by atoms with E-state index in [0.717, 1.165) is 28.7 Å². The number of aryl methyl sites for hydroxylation is 2. The maximum atomic E-state index is 13.2. The average Bonchev–Trinajstić information content (AvgIpc) is 3.70. The van der Waals surface area contributed by atoms with Crippen LogP contribution in [-0.4, -0.2) is 80.5 Å². The maximum Gasteiger partial charge on any atom is 0.251 e. The number of tetrazole rings is 1. The van der Waals surface area contributed by atoms with E-state index in [2.05, 4.69) is 42.6 Å². The number of hydrogen-bond donors (Lipinski definition) is 4. The molecule has 0 saturated carbocycles. The fourth-order valence-electron chi connectivity index (χ4n) is 6.64. The van der Waals surface area contributed by atoms with E-state index in [0.29, 0.717) is 55.7 Å². The lowest BCUT2D eigenvalue weighted by molar-refractivity contribution is -0.130. The van der Waals surface area contributed by atoms with E-state index in [1.807, 2.05) is 71.0 Å². The summed E-state index contributed by atoms with van der Waals surface area (Å²) in [6, 6.07) is 13.4.